The van der Waals surface area contributed by atoms with Crippen molar-refractivity contribution < 1.29 is 9.18 Å². The number of benzene rings is 1. The van der Waals surface area contributed by atoms with E-state index in [1.807, 2.05) is 31.3 Å². The minimum absolute atomic E-state index is 0.00909. The standard InChI is InChI=1S/C23H22FN3O2/c1-3-16-4-6-18(25-14-16)13-19(28)9-11-27-21-12-17(24)5-7-20(21)26-10-8-15(2)22(26)23(27)29/h4-8,10,12,14H,3,9,11,13H2,1-2H3. The predicted octanol–water partition coefficient (Wildman–Crippen LogP) is 3.86. The number of nitrogens with zero attached hydrogens (tertiary/aromatic N) is 3. The highest BCUT2D eigenvalue weighted by molar-refractivity contribution is 5.82. The SMILES string of the molecule is CCc1ccc(CC(=O)CCn2c(=O)c3c(C)ccn3c3ccc(F)cc32)nc1. The van der Waals surface area contributed by atoms with E-state index in [2.05, 4.69) is 11.9 Å². The molecule has 29 heavy (non-hydrogen) atoms. The molecule has 4 rings (SSSR count). The minimum Gasteiger partial charge on any atom is -0.310 e. The summed E-state index contributed by atoms with van der Waals surface area (Å²) in [5.74, 6) is -0.425. The predicted molar refractivity (Wildman–Crippen MR) is 111 cm³/mol. The van der Waals surface area contributed by atoms with Gasteiger partial charge in [0.2, 0.25) is 0 Å². The van der Waals surface area contributed by atoms with Crippen LogP contribution in [-0.2, 0) is 24.2 Å². The Morgan fingerprint density at radius 1 is 1.14 bits per heavy atom. The van der Waals surface area contributed by atoms with Gasteiger partial charge in [-0.2, -0.15) is 0 Å². The minimum atomic E-state index is -0.416. The quantitative estimate of drug-likeness (QED) is 0.502. The van der Waals surface area contributed by atoms with Crippen LogP contribution in [-0.4, -0.2) is 19.7 Å². The zero-order valence-electron chi connectivity index (χ0n) is 16.5. The molecule has 148 valence electrons. The molecule has 0 saturated heterocycles. The first kappa shape index (κ1) is 19.1. The summed E-state index contributed by atoms with van der Waals surface area (Å²) in [5, 5.41) is 0. The zero-order chi connectivity index (χ0) is 20.5. The lowest BCUT2D eigenvalue weighted by atomic mass is 10.1. The molecule has 0 saturated carbocycles. The van der Waals surface area contributed by atoms with E-state index < -0.39 is 5.82 Å². The molecule has 3 aromatic heterocycles. The van der Waals surface area contributed by atoms with E-state index in [0.29, 0.717) is 16.7 Å². The molecule has 0 aliphatic carbocycles. The monoisotopic (exact) mass is 391 g/mol. The van der Waals surface area contributed by atoms with Crippen molar-refractivity contribution in [3.05, 3.63) is 81.8 Å². The van der Waals surface area contributed by atoms with Crippen LogP contribution in [0.1, 0.15) is 30.2 Å². The average molecular weight is 391 g/mol. The number of Topliss-reactive ketones (excluding diaryl/α,β-unsaturated/α-hetero) is 1. The van der Waals surface area contributed by atoms with Crippen LogP contribution in [0.2, 0.25) is 0 Å². The Morgan fingerprint density at radius 2 is 1.97 bits per heavy atom. The third kappa shape index (κ3) is 3.58. The summed E-state index contributed by atoms with van der Waals surface area (Å²) in [4.78, 5) is 29.9. The van der Waals surface area contributed by atoms with Crippen molar-refractivity contribution in [3.63, 3.8) is 0 Å². The van der Waals surface area contributed by atoms with Crippen LogP contribution in [0.3, 0.4) is 0 Å². The van der Waals surface area contributed by atoms with Gasteiger partial charge in [0.15, 0.2) is 0 Å². The van der Waals surface area contributed by atoms with E-state index in [0.717, 1.165) is 23.1 Å². The van der Waals surface area contributed by atoms with Crippen LogP contribution < -0.4 is 5.56 Å². The van der Waals surface area contributed by atoms with Gasteiger partial charge in [-0.1, -0.05) is 13.0 Å². The number of ketones is 1. The molecule has 0 spiro atoms. The first-order valence-corrected chi connectivity index (χ1v) is 9.73. The van der Waals surface area contributed by atoms with E-state index in [1.54, 1.807) is 16.7 Å². The van der Waals surface area contributed by atoms with Crippen molar-refractivity contribution in [3.8, 4) is 0 Å². The van der Waals surface area contributed by atoms with E-state index in [-0.39, 0.29) is 30.7 Å². The number of hydrogen-bond donors (Lipinski definition) is 0. The van der Waals surface area contributed by atoms with Crippen molar-refractivity contribution in [1.82, 2.24) is 14.0 Å². The van der Waals surface area contributed by atoms with Crippen molar-refractivity contribution in [2.24, 2.45) is 0 Å². The second kappa shape index (κ2) is 7.62. The molecule has 6 heteroatoms. The van der Waals surface area contributed by atoms with Gasteiger partial charge in [-0.3, -0.25) is 14.6 Å². The molecular weight excluding hydrogens is 369 g/mol. The maximum absolute atomic E-state index is 13.9. The van der Waals surface area contributed by atoms with Crippen LogP contribution >= 0.6 is 0 Å². The highest BCUT2D eigenvalue weighted by atomic mass is 19.1. The van der Waals surface area contributed by atoms with Crippen LogP contribution in [0.15, 0.2) is 53.6 Å². The Kier molecular flexibility index (Phi) is 5.01. The van der Waals surface area contributed by atoms with Crippen LogP contribution in [0.4, 0.5) is 4.39 Å². The first-order valence-electron chi connectivity index (χ1n) is 9.73. The number of pyridine rings is 1. The fourth-order valence-electron chi connectivity index (χ4n) is 3.67. The molecule has 0 fully saturated rings. The Bertz CT molecular complexity index is 1270. The fraction of sp³-hybridized carbons (Fsp3) is 0.261. The second-order valence-corrected chi connectivity index (χ2v) is 7.28. The van der Waals surface area contributed by atoms with Gasteiger partial charge in [-0.15, -0.1) is 0 Å². The number of aryl methyl sites for hydroxylation is 3. The third-order valence-electron chi connectivity index (χ3n) is 5.31. The lowest BCUT2D eigenvalue weighted by Crippen LogP contribution is -2.25. The van der Waals surface area contributed by atoms with Crippen molar-refractivity contribution >= 4 is 22.3 Å². The largest absolute Gasteiger partial charge is 0.310 e. The summed E-state index contributed by atoms with van der Waals surface area (Å²) in [7, 11) is 0. The smallest absolute Gasteiger partial charge is 0.275 e. The topological polar surface area (TPSA) is 56.4 Å². The summed E-state index contributed by atoms with van der Waals surface area (Å²) in [6.45, 7) is 4.12. The highest BCUT2D eigenvalue weighted by Gasteiger charge is 2.15. The molecule has 0 aliphatic heterocycles. The van der Waals surface area contributed by atoms with Crippen molar-refractivity contribution in [2.45, 2.75) is 39.7 Å². The Balaban J connectivity index is 1.65. The van der Waals surface area contributed by atoms with E-state index in [1.165, 1.54) is 16.7 Å². The molecule has 3 heterocycles. The second-order valence-electron chi connectivity index (χ2n) is 7.28. The molecule has 5 nitrogen and oxygen atoms in total. The van der Waals surface area contributed by atoms with Gasteiger partial charge < -0.3 is 8.97 Å². The first-order chi connectivity index (χ1) is 14.0. The maximum Gasteiger partial charge on any atom is 0.275 e. The summed E-state index contributed by atoms with van der Waals surface area (Å²) in [6, 6.07) is 10.1. The Morgan fingerprint density at radius 3 is 2.69 bits per heavy atom. The van der Waals surface area contributed by atoms with E-state index >= 15 is 0 Å². The number of hydrogen-bond acceptors (Lipinski definition) is 3. The van der Waals surface area contributed by atoms with Gasteiger partial charge in [0, 0.05) is 37.5 Å². The van der Waals surface area contributed by atoms with Gasteiger partial charge in [-0.05, 0) is 54.8 Å². The van der Waals surface area contributed by atoms with Crippen molar-refractivity contribution in [1.29, 1.82) is 0 Å². The Labute approximate surface area is 167 Å². The Hall–Kier alpha value is -3.28. The molecule has 0 atom stereocenters. The number of carbonyl (C=O) groups excluding carboxylic acids is 1. The summed E-state index contributed by atoms with van der Waals surface area (Å²) < 4.78 is 17.2. The van der Waals surface area contributed by atoms with Crippen LogP contribution in [0, 0.1) is 12.7 Å². The molecule has 0 aliphatic rings. The van der Waals surface area contributed by atoms with Crippen molar-refractivity contribution in [2.75, 3.05) is 0 Å². The number of aromatic nitrogens is 3. The number of halogens is 1. The summed E-state index contributed by atoms with van der Waals surface area (Å²) in [5.41, 5.74) is 4.24. The summed E-state index contributed by atoms with van der Waals surface area (Å²) >= 11 is 0. The molecule has 0 N–H and O–H groups in total. The van der Waals surface area contributed by atoms with Crippen LogP contribution in [0.5, 0.6) is 0 Å². The molecule has 0 bridgehead atoms. The van der Waals surface area contributed by atoms with E-state index in [9.17, 15) is 14.0 Å². The van der Waals surface area contributed by atoms with Gasteiger partial charge in [-0.25, -0.2) is 4.39 Å². The van der Waals surface area contributed by atoms with E-state index in [4.69, 9.17) is 0 Å². The number of carbonyl (C=O) groups is 1. The molecule has 4 aromatic rings. The average Bonchev–Trinajstić information content (AvgIpc) is 3.10. The normalized spacial score (nSPS) is 11.4. The molecule has 0 radical (unpaired) electrons. The highest BCUT2D eigenvalue weighted by Crippen LogP contribution is 2.19. The van der Waals surface area contributed by atoms with Gasteiger partial charge in [0.1, 0.15) is 17.1 Å². The lowest BCUT2D eigenvalue weighted by molar-refractivity contribution is -0.118. The number of fused-ring (bicyclic) bond motifs is 3. The zero-order valence-corrected chi connectivity index (χ0v) is 16.5. The fourth-order valence-corrected chi connectivity index (χ4v) is 3.67. The third-order valence-corrected chi connectivity index (χ3v) is 5.31. The van der Waals surface area contributed by atoms with Gasteiger partial charge in [0.25, 0.3) is 5.56 Å². The molecule has 0 amide bonds. The molecular formula is C23H22FN3O2. The summed E-state index contributed by atoms with van der Waals surface area (Å²) in [6.07, 6.45) is 4.89. The van der Waals surface area contributed by atoms with Gasteiger partial charge in [0.05, 0.1) is 11.0 Å². The lowest BCUT2D eigenvalue weighted by Gasteiger charge is -2.13. The van der Waals surface area contributed by atoms with Gasteiger partial charge >= 0.3 is 0 Å². The maximum atomic E-state index is 13.9. The molecule has 1 aromatic carbocycles. The molecule has 0 unspecified atom stereocenters. The number of rotatable bonds is 6. The van der Waals surface area contributed by atoms with Crippen LogP contribution in [0.25, 0.3) is 16.6 Å².